The Morgan fingerprint density at radius 3 is 1.57 bits per heavy atom. The van der Waals surface area contributed by atoms with Crippen LogP contribution in [0.4, 0.5) is 17.1 Å². The molecule has 0 spiro atoms. The molecule has 1 aromatic heterocycles. The Morgan fingerprint density at radius 2 is 0.817 bits per heavy atom. The fourth-order valence-electron chi connectivity index (χ4n) is 9.02. The Labute approximate surface area is 350 Å². The van der Waals surface area contributed by atoms with Gasteiger partial charge in [0.1, 0.15) is 0 Å². The molecule has 0 aliphatic carbocycles. The number of aromatic nitrogens is 1. The molecular weight excluding hydrogens is 725 g/mol. The monoisotopic (exact) mass is 764 g/mol. The fourth-order valence-corrected chi connectivity index (χ4v) is 9.02. The predicted molar refractivity (Wildman–Crippen MR) is 255 cm³/mol. The SMILES string of the molecule is c1ccc(-c2cc(-c3cccc4ccccc34)cc(-n3c4ccccc4c4cc(-c5ccccc5N(c5ccccc5)c5ccccc5-c5ccccc5)ccc43)c2)cc1. The molecule has 0 bridgehead atoms. The molecule has 0 unspecified atom stereocenters. The number of hydrogen-bond donors (Lipinski definition) is 0. The topological polar surface area (TPSA) is 8.17 Å². The molecule has 10 aromatic carbocycles. The van der Waals surface area contributed by atoms with Crippen molar-refractivity contribution in [2.75, 3.05) is 4.90 Å². The molecule has 60 heavy (non-hydrogen) atoms. The lowest BCUT2D eigenvalue weighted by atomic mass is 9.94. The third-order valence-electron chi connectivity index (χ3n) is 11.8. The van der Waals surface area contributed by atoms with Crippen LogP contribution in [0.3, 0.4) is 0 Å². The molecule has 0 atom stereocenters. The fraction of sp³-hybridized carbons (Fsp3) is 0. The Hall–Kier alpha value is -7.94. The van der Waals surface area contributed by atoms with E-state index in [1.807, 2.05) is 0 Å². The van der Waals surface area contributed by atoms with Gasteiger partial charge in [-0.15, -0.1) is 0 Å². The lowest BCUT2D eigenvalue weighted by Gasteiger charge is -2.30. The van der Waals surface area contributed by atoms with Crippen molar-refractivity contribution < 1.29 is 0 Å². The van der Waals surface area contributed by atoms with Gasteiger partial charge in [-0.3, -0.25) is 0 Å². The highest BCUT2D eigenvalue weighted by atomic mass is 15.1. The van der Waals surface area contributed by atoms with Gasteiger partial charge < -0.3 is 9.47 Å². The van der Waals surface area contributed by atoms with Crippen LogP contribution in [0.2, 0.25) is 0 Å². The van der Waals surface area contributed by atoms with E-state index in [4.69, 9.17) is 0 Å². The average Bonchev–Trinajstić information content (AvgIpc) is 3.66. The number of fused-ring (bicyclic) bond motifs is 4. The van der Waals surface area contributed by atoms with Crippen molar-refractivity contribution in [1.29, 1.82) is 0 Å². The van der Waals surface area contributed by atoms with E-state index in [0.717, 1.165) is 33.9 Å². The first-order valence-corrected chi connectivity index (χ1v) is 20.6. The summed E-state index contributed by atoms with van der Waals surface area (Å²) in [5, 5.41) is 4.92. The standard InChI is InChI=1S/C58H40N2/c1-4-19-41(20-5-1)45-37-46(50-31-18-24-42-23-10-11-27-49(42)50)39-48(38-45)60-57-34-17-14-30-53(57)54-40-44(35-36-58(54)60)52-29-13-16-33-56(52)59(47-25-8-3-9-26-47)55-32-15-12-28-51(55)43-21-6-2-7-22-43/h1-40H. The van der Waals surface area contributed by atoms with Gasteiger partial charge in [0.05, 0.1) is 22.4 Å². The second kappa shape index (κ2) is 15.1. The number of nitrogens with zero attached hydrogens (tertiary/aromatic N) is 2. The summed E-state index contributed by atoms with van der Waals surface area (Å²) in [6.45, 7) is 0. The van der Waals surface area contributed by atoms with Crippen molar-refractivity contribution in [3.05, 3.63) is 243 Å². The largest absolute Gasteiger partial charge is 0.309 e. The van der Waals surface area contributed by atoms with Crippen LogP contribution in [0, 0.1) is 0 Å². The highest BCUT2D eigenvalue weighted by molar-refractivity contribution is 6.11. The number of rotatable bonds is 8. The predicted octanol–water partition coefficient (Wildman–Crippen LogP) is 16.1. The summed E-state index contributed by atoms with van der Waals surface area (Å²) in [4.78, 5) is 2.41. The summed E-state index contributed by atoms with van der Waals surface area (Å²) in [5.74, 6) is 0. The van der Waals surface area contributed by atoms with E-state index in [1.54, 1.807) is 0 Å². The van der Waals surface area contributed by atoms with Gasteiger partial charge in [0, 0.05) is 33.3 Å². The maximum Gasteiger partial charge on any atom is 0.0541 e. The van der Waals surface area contributed by atoms with Crippen molar-refractivity contribution in [1.82, 2.24) is 4.57 Å². The first kappa shape index (κ1) is 35.2. The van der Waals surface area contributed by atoms with Crippen molar-refractivity contribution in [3.63, 3.8) is 0 Å². The number of anilines is 3. The highest BCUT2D eigenvalue weighted by Gasteiger charge is 2.22. The number of benzene rings is 10. The number of para-hydroxylation sites is 4. The molecule has 0 saturated heterocycles. The second-order valence-electron chi connectivity index (χ2n) is 15.3. The van der Waals surface area contributed by atoms with Crippen LogP contribution in [0.25, 0.3) is 82.8 Å². The zero-order chi connectivity index (χ0) is 39.8. The zero-order valence-electron chi connectivity index (χ0n) is 33.0. The highest BCUT2D eigenvalue weighted by Crippen LogP contribution is 2.46. The molecule has 282 valence electrons. The van der Waals surface area contributed by atoms with Crippen LogP contribution in [-0.2, 0) is 0 Å². The molecule has 2 nitrogen and oxygen atoms in total. The van der Waals surface area contributed by atoms with Crippen LogP contribution >= 0.6 is 0 Å². The molecule has 11 rings (SSSR count). The van der Waals surface area contributed by atoms with Crippen LogP contribution in [0.1, 0.15) is 0 Å². The minimum atomic E-state index is 1.10. The van der Waals surface area contributed by atoms with Crippen LogP contribution in [0.5, 0.6) is 0 Å². The van der Waals surface area contributed by atoms with E-state index < -0.39 is 0 Å². The molecule has 2 heteroatoms. The van der Waals surface area contributed by atoms with Gasteiger partial charge in [-0.05, 0) is 105 Å². The van der Waals surface area contributed by atoms with E-state index in [1.165, 1.54) is 66.0 Å². The molecule has 0 radical (unpaired) electrons. The molecule has 11 aromatic rings. The van der Waals surface area contributed by atoms with E-state index in [0.29, 0.717) is 0 Å². The first-order chi connectivity index (χ1) is 29.8. The minimum absolute atomic E-state index is 1.10. The lowest BCUT2D eigenvalue weighted by molar-refractivity contribution is 1.18. The van der Waals surface area contributed by atoms with Crippen LogP contribution in [-0.4, -0.2) is 4.57 Å². The maximum absolute atomic E-state index is 2.45. The Kier molecular flexibility index (Phi) is 8.87. The molecule has 0 N–H and O–H groups in total. The van der Waals surface area contributed by atoms with Gasteiger partial charge >= 0.3 is 0 Å². The van der Waals surface area contributed by atoms with Gasteiger partial charge in [-0.25, -0.2) is 0 Å². The Bertz CT molecular complexity index is 3300. The summed E-state index contributed by atoms with van der Waals surface area (Å²) in [6, 6.07) is 87.9. The summed E-state index contributed by atoms with van der Waals surface area (Å²) in [6.07, 6.45) is 0. The summed E-state index contributed by atoms with van der Waals surface area (Å²) in [7, 11) is 0. The molecule has 0 aliphatic rings. The van der Waals surface area contributed by atoms with Crippen LogP contribution < -0.4 is 4.90 Å². The minimum Gasteiger partial charge on any atom is -0.309 e. The van der Waals surface area contributed by atoms with Gasteiger partial charge in [0.15, 0.2) is 0 Å². The normalized spacial score (nSPS) is 11.3. The third-order valence-corrected chi connectivity index (χ3v) is 11.8. The first-order valence-electron chi connectivity index (χ1n) is 20.6. The van der Waals surface area contributed by atoms with E-state index in [-0.39, 0.29) is 0 Å². The molecule has 0 aliphatic heterocycles. The second-order valence-corrected chi connectivity index (χ2v) is 15.3. The van der Waals surface area contributed by atoms with Crippen molar-refractivity contribution in [2.45, 2.75) is 0 Å². The summed E-state index contributed by atoms with van der Waals surface area (Å²) >= 11 is 0. The molecular formula is C58H40N2. The van der Waals surface area contributed by atoms with E-state index in [2.05, 4.69) is 252 Å². The van der Waals surface area contributed by atoms with Crippen molar-refractivity contribution >= 4 is 49.6 Å². The average molecular weight is 765 g/mol. The molecule has 0 fully saturated rings. The van der Waals surface area contributed by atoms with Crippen molar-refractivity contribution in [2.24, 2.45) is 0 Å². The summed E-state index contributed by atoms with van der Waals surface area (Å²) in [5.41, 5.74) is 16.3. The molecule has 0 saturated carbocycles. The number of hydrogen-bond acceptors (Lipinski definition) is 1. The Balaban J connectivity index is 1.12. The van der Waals surface area contributed by atoms with Gasteiger partial charge in [0.2, 0.25) is 0 Å². The smallest absolute Gasteiger partial charge is 0.0541 e. The zero-order valence-corrected chi connectivity index (χ0v) is 33.0. The van der Waals surface area contributed by atoms with Crippen LogP contribution in [0.15, 0.2) is 243 Å². The molecule has 1 heterocycles. The molecule has 0 amide bonds. The Morgan fingerprint density at radius 1 is 0.283 bits per heavy atom. The lowest BCUT2D eigenvalue weighted by Crippen LogP contribution is -2.12. The third kappa shape index (κ3) is 6.23. The summed E-state index contributed by atoms with van der Waals surface area (Å²) < 4.78 is 2.45. The van der Waals surface area contributed by atoms with E-state index in [9.17, 15) is 0 Å². The maximum atomic E-state index is 2.45. The quantitative estimate of drug-likeness (QED) is 0.150. The van der Waals surface area contributed by atoms with Gasteiger partial charge in [0.25, 0.3) is 0 Å². The van der Waals surface area contributed by atoms with Gasteiger partial charge in [-0.1, -0.05) is 182 Å². The van der Waals surface area contributed by atoms with Gasteiger partial charge in [-0.2, -0.15) is 0 Å². The van der Waals surface area contributed by atoms with Crippen molar-refractivity contribution in [3.8, 4) is 50.2 Å². The van der Waals surface area contributed by atoms with E-state index >= 15 is 0 Å².